The van der Waals surface area contributed by atoms with Crippen molar-refractivity contribution in [1.82, 2.24) is 9.78 Å². The molecule has 0 radical (unpaired) electrons. The van der Waals surface area contributed by atoms with Gasteiger partial charge in [0.25, 0.3) is 0 Å². The topological polar surface area (TPSA) is 43.8 Å². The van der Waals surface area contributed by atoms with E-state index in [1.807, 2.05) is 0 Å². The van der Waals surface area contributed by atoms with E-state index in [0.717, 1.165) is 4.68 Å². The number of benzene rings is 1. The van der Waals surface area contributed by atoms with Gasteiger partial charge in [0, 0.05) is 12.2 Å². The van der Waals surface area contributed by atoms with Crippen LogP contribution in [-0.2, 0) is 6.42 Å². The van der Waals surface area contributed by atoms with Crippen LogP contribution in [-0.4, -0.2) is 15.8 Å². The highest BCUT2D eigenvalue weighted by molar-refractivity contribution is 6.31. The van der Waals surface area contributed by atoms with Gasteiger partial charge in [-0.3, -0.25) is 0 Å². The van der Waals surface area contributed by atoms with E-state index in [1.165, 1.54) is 18.3 Å². The predicted molar refractivity (Wildman–Crippen MR) is 70.6 cm³/mol. The largest absolute Gasteiger partial charge is 0.328 e. The average molecular weight is 286 g/mol. The molecular weight excluding hydrogens is 272 g/mol. The van der Waals surface area contributed by atoms with E-state index in [4.69, 9.17) is 17.3 Å². The summed E-state index contributed by atoms with van der Waals surface area (Å²) in [6, 6.07) is 2.38. The minimum Gasteiger partial charge on any atom is -0.328 e. The summed E-state index contributed by atoms with van der Waals surface area (Å²) in [7, 11) is 0. The Morgan fingerprint density at radius 3 is 2.37 bits per heavy atom. The molecule has 1 heterocycles. The van der Waals surface area contributed by atoms with Crippen LogP contribution in [0.4, 0.5) is 8.78 Å². The molecule has 0 aliphatic heterocycles. The molecule has 2 rings (SSSR count). The van der Waals surface area contributed by atoms with Gasteiger partial charge < -0.3 is 5.73 Å². The van der Waals surface area contributed by atoms with E-state index in [9.17, 15) is 8.78 Å². The van der Waals surface area contributed by atoms with Crippen molar-refractivity contribution >= 4 is 11.6 Å². The van der Waals surface area contributed by atoms with Crippen LogP contribution in [0.2, 0.25) is 5.02 Å². The Balaban J connectivity index is 2.47. The number of hydrogen-bond acceptors (Lipinski definition) is 2. The Hall–Kier alpha value is -1.46. The molecule has 1 atom stereocenters. The highest BCUT2D eigenvalue weighted by Gasteiger charge is 2.16. The fourth-order valence-corrected chi connectivity index (χ4v) is 2.01. The number of hydrogen-bond donors (Lipinski definition) is 1. The summed E-state index contributed by atoms with van der Waals surface area (Å²) in [5.74, 6) is -1.37. The lowest BCUT2D eigenvalue weighted by Crippen LogP contribution is -2.18. The van der Waals surface area contributed by atoms with E-state index >= 15 is 0 Å². The van der Waals surface area contributed by atoms with Crippen molar-refractivity contribution in [1.29, 1.82) is 0 Å². The highest BCUT2D eigenvalue weighted by atomic mass is 35.5. The summed E-state index contributed by atoms with van der Waals surface area (Å²) in [5, 5.41) is 4.33. The summed E-state index contributed by atoms with van der Waals surface area (Å²) < 4.78 is 29.1. The molecule has 0 bridgehead atoms. The van der Waals surface area contributed by atoms with E-state index in [1.54, 1.807) is 13.8 Å². The van der Waals surface area contributed by atoms with Crippen molar-refractivity contribution in [2.45, 2.75) is 26.3 Å². The van der Waals surface area contributed by atoms with Crippen molar-refractivity contribution in [2.75, 3.05) is 0 Å². The predicted octanol–water partition coefficient (Wildman–Crippen LogP) is 3.00. The minimum atomic E-state index is -0.685. The van der Waals surface area contributed by atoms with Gasteiger partial charge in [-0.2, -0.15) is 5.10 Å². The molecule has 19 heavy (non-hydrogen) atoms. The molecule has 2 N–H and O–H groups in total. The molecule has 0 spiro atoms. The van der Waals surface area contributed by atoms with Crippen molar-refractivity contribution < 1.29 is 8.78 Å². The van der Waals surface area contributed by atoms with E-state index < -0.39 is 11.6 Å². The van der Waals surface area contributed by atoms with Gasteiger partial charge in [-0.25, -0.2) is 13.5 Å². The Labute approximate surface area is 115 Å². The number of aryl methyl sites for hydroxylation is 1. The van der Waals surface area contributed by atoms with Gasteiger partial charge >= 0.3 is 0 Å². The van der Waals surface area contributed by atoms with E-state index in [-0.39, 0.29) is 11.7 Å². The second-order valence-corrected chi connectivity index (χ2v) is 5.00. The number of nitrogens with zero attached hydrogens (tertiary/aromatic N) is 2. The van der Waals surface area contributed by atoms with Crippen LogP contribution >= 0.6 is 11.6 Å². The first-order valence-electron chi connectivity index (χ1n) is 5.84. The van der Waals surface area contributed by atoms with Gasteiger partial charge in [0.1, 0.15) is 5.69 Å². The Bertz CT molecular complexity index is 565. The van der Waals surface area contributed by atoms with Crippen molar-refractivity contribution in [3.63, 3.8) is 0 Å². The van der Waals surface area contributed by atoms with Crippen LogP contribution in [0.3, 0.4) is 0 Å². The molecular formula is C13H14ClF2N3. The third-order valence-corrected chi connectivity index (χ3v) is 3.07. The van der Waals surface area contributed by atoms with Gasteiger partial charge in [0.15, 0.2) is 11.6 Å². The quantitative estimate of drug-likeness (QED) is 0.942. The van der Waals surface area contributed by atoms with Crippen LogP contribution in [0.15, 0.2) is 18.3 Å². The number of rotatable bonds is 3. The standard InChI is InChI=1S/C13H14ClF2N3/c1-7(17)3-9-4-11(15)13(12(16)5-9)19-6-10(14)8(2)18-19/h4-7H,3,17H2,1-2H3. The molecule has 1 aromatic heterocycles. The van der Waals surface area contributed by atoms with Crippen LogP contribution in [0, 0.1) is 18.6 Å². The van der Waals surface area contributed by atoms with Crippen LogP contribution < -0.4 is 5.73 Å². The van der Waals surface area contributed by atoms with E-state index in [0.29, 0.717) is 22.7 Å². The lowest BCUT2D eigenvalue weighted by atomic mass is 10.1. The molecule has 0 saturated carbocycles. The zero-order valence-electron chi connectivity index (χ0n) is 10.6. The third kappa shape index (κ3) is 2.93. The SMILES string of the molecule is Cc1nn(-c2c(F)cc(CC(C)N)cc2F)cc1Cl. The van der Waals surface area contributed by atoms with E-state index in [2.05, 4.69) is 5.10 Å². The van der Waals surface area contributed by atoms with Crippen molar-refractivity contribution in [3.8, 4) is 5.69 Å². The summed E-state index contributed by atoms with van der Waals surface area (Å²) >= 11 is 5.84. The molecule has 1 aromatic carbocycles. The second-order valence-electron chi connectivity index (χ2n) is 4.60. The first-order chi connectivity index (χ1) is 8.88. The molecule has 2 aromatic rings. The molecule has 0 aliphatic carbocycles. The maximum Gasteiger partial charge on any atom is 0.152 e. The van der Waals surface area contributed by atoms with Gasteiger partial charge in [-0.05, 0) is 38.0 Å². The minimum absolute atomic E-state index is 0.161. The van der Waals surface area contributed by atoms with Gasteiger partial charge in [-0.15, -0.1) is 0 Å². The zero-order chi connectivity index (χ0) is 14.2. The normalized spacial score (nSPS) is 12.7. The first kappa shape index (κ1) is 14.0. The monoisotopic (exact) mass is 285 g/mol. The molecule has 0 saturated heterocycles. The van der Waals surface area contributed by atoms with Crippen LogP contribution in [0.1, 0.15) is 18.2 Å². The molecule has 3 nitrogen and oxygen atoms in total. The summed E-state index contributed by atoms with van der Waals surface area (Å²) in [4.78, 5) is 0. The van der Waals surface area contributed by atoms with Crippen molar-refractivity contribution in [3.05, 3.63) is 46.2 Å². The fraction of sp³-hybridized carbons (Fsp3) is 0.308. The average Bonchev–Trinajstić information content (AvgIpc) is 2.56. The van der Waals surface area contributed by atoms with Crippen molar-refractivity contribution in [2.24, 2.45) is 5.73 Å². The fourth-order valence-electron chi connectivity index (χ4n) is 1.88. The summed E-state index contributed by atoms with van der Waals surface area (Å²) in [6.45, 7) is 3.44. The molecule has 0 fully saturated rings. The lowest BCUT2D eigenvalue weighted by Gasteiger charge is -2.09. The Morgan fingerprint density at radius 1 is 1.37 bits per heavy atom. The van der Waals surface area contributed by atoms with Crippen LogP contribution in [0.25, 0.3) is 5.69 Å². The molecule has 6 heteroatoms. The summed E-state index contributed by atoms with van der Waals surface area (Å²) in [5.41, 5.74) is 6.42. The first-order valence-corrected chi connectivity index (χ1v) is 6.22. The molecule has 1 unspecified atom stereocenters. The maximum atomic E-state index is 14.0. The smallest absolute Gasteiger partial charge is 0.152 e. The number of aromatic nitrogens is 2. The lowest BCUT2D eigenvalue weighted by molar-refractivity contribution is 0.554. The maximum absolute atomic E-state index is 14.0. The van der Waals surface area contributed by atoms with Gasteiger partial charge in [0.05, 0.1) is 10.7 Å². The number of nitrogens with two attached hydrogens (primary N) is 1. The number of halogens is 3. The molecule has 0 aliphatic rings. The highest BCUT2D eigenvalue weighted by Crippen LogP contribution is 2.23. The van der Waals surface area contributed by atoms with Gasteiger partial charge in [0.2, 0.25) is 0 Å². The third-order valence-electron chi connectivity index (χ3n) is 2.70. The molecule has 102 valence electrons. The van der Waals surface area contributed by atoms with Crippen LogP contribution in [0.5, 0.6) is 0 Å². The zero-order valence-corrected chi connectivity index (χ0v) is 11.4. The second kappa shape index (κ2) is 5.27. The Morgan fingerprint density at radius 2 is 1.95 bits per heavy atom. The Kier molecular flexibility index (Phi) is 3.87. The van der Waals surface area contributed by atoms with Gasteiger partial charge in [-0.1, -0.05) is 11.6 Å². The summed E-state index contributed by atoms with van der Waals surface area (Å²) in [6.07, 6.45) is 1.79. The molecule has 0 amide bonds.